The Kier molecular flexibility index (Phi) is 2.68. The number of imidazole rings is 1. The van der Waals surface area contributed by atoms with E-state index in [2.05, 4.69) is 46.2 Å². The van der Waals surface area contributed by atoms with E-state index in [1.165, 1.54) is 0 Å². The van der Waals surface area contributed by atoms with Gasteiger partial charge in [0.1, 0.15) is 0 Å². The molecule has 0 N–H and O–H groups in total. The quantitative estimate of drug-likeness (QED) is 0.801. The van der Waals surface area contributed by atoms with Gasteiger partial charge in [-0.3, -0.25) is 0 Å². The third-order valence-electron chi connectivity index (χ3n) is 2.12. The molecule has 14 heavy (non-hydrogen) atoms. The molecule has 2 rings (SSSR count). The van der Waals surface area contributed by atoms with Crippen molar-refractivity contribution in [2.24, 2.45) is 0 Å². The van der Waals surface area contributed by atoms with Crippen LogP contribution in [0.3, 0.4) is 0 Å². The summed E-state index contributed by atoms with van der Waals surface area (Å²) in [6.07, 6.45) is 4.88. The zero-order valence-corrected chi connectivity index (χ0v) is 9.53. The van der Waals surface area contributed by atoms with Gasteiger partial charge in [0, 0.05) is 16.4 Å². The normalized spacial score (nSPS) is 10.4. The Morgan fingerprint density at radius 3 is 2.57 bits per heavy atom. The Morgan fingerprint density at radius 2 is 2.00 bits per heavy atom. The van der Waals surface area contributed by atoms with Crippen LogP contribution in [0.25, 0.3) is 5.69 Å². The second kappa shape index (κ2) is 3.96. The van der Waals surface area contributed by atoms with Gasteiger partial charge in [0.25, 0.3) is 0 Å². The molecule has 1 aromatic carbocycles. The molecule has 0 amide bonds. The van der Waals surface area contributed by atoms with Crippen molar-refractivity contribution in [3.8, 4) is 5.69 Å². The minimum atomic E-state index is 0.976. The van der Waals surface area contributed by atoms with Gasteiger partial charge in [0.05, 0.1) is 12.0 Å². The lowest BCUT2D eigenvalue weighted by Crippen LogP contribution is -1.88. The van der Waals surface area contributed by atoms with E-state index in [1.807, 2.05) is 23.0 Å². The highest BCUT2D eigenvalue weighted by molar-refractivity contribution is 9.10. The Balaban J connectivity index is 2.34. The maximum absolute atomic E-state index is 4.28. The van der Waals surface area contributed by atoms with E-state index in [-0.39, 0.29) is 0 Å². The Hall–Kier alpha value is -1.09. The lowest BCUT2D eigenvalue weighted by atomic mass is 10.3. The second-order valence-corrected chi connectivity index (χ2v) is 4.02. The Labute approximate surface area is 91.7 Å². The van der Waals surface area contributed by atoms with E-state index >= 15 is 0 Å². The molecule has 0 bridgehead atoms. The van der Waals surface area contributed by atoms with Gasteiger partial charge in [0.2, 0.25) is 0 Å². The average molecular weight is 251 g/mol. The molecule has 1 heterocycles. The van der Waals surface area contributed by atoms with Crippen LogP contribution >= 0.6 is 15.9 Å². The zero-order chi connectivity index (χ0) is 9.97. The van der Waals surface area contributed by atoms with Gasteiger partial charge in [-0.1, -0.05) is 22.9 Å². The van der Waals surface area contributed by atoms with E-state index in [0.717, 1.165) is 22.3 Å². The number of nitrogens with zero attached hydrogens (tertiary/aromatic N) is 2. The van der Waals surface area contributed by atoms with Gasteiger partial charge >= 0.3 is 0 Å². The zero-order valence-electron chi connectivity index (χ0n) is 7.94. The van der Waals surface area contributed by atoms with Crippen molar-refractivity contribution in [2.75, 3.05) is 0 Å². The fourth-order valence-corrected chi connectivity index (χ4v) is 1.56. The van der Waals surface area contributed by atoms with E-state index in [0.29, 0.717) is 0 Å². The molecule has 0 radical (unpaired) electrons. The number of benzene rings is 1. The number of hydrogen-bond acceptors (Lipinski definition) is 1. The lowest BCUT2D eigenvalue weighted by molar-refractivity contribution is 1.05. The first-order chi connectivity index (χ1) is 6.79. The number of halogens is 1. The van der Waals surface area contributed by atoms with Gasteiger partial charge in [-0.05, 0) is 30.7 Å². The second-order valence-electron chi connectivity index (χ2n) is 3.10. The maximum Gasteiger partial charge on any atom is 0.0995 e. The first kappa shape index (κ1) is 9.46. The maximum atomic E-state index is 4.28. The van der Waals surface area contributed by atoms with Crippen LogP contribution < -0.4 is 0 Å². The minimum Gasteiger partial charge on any atom is -0.306 e. The molecule has 2 nitrogen and oxygen atoms in total. The van der Waals surface area contributed by atoms with E-state index in [1.54, 1.807) is 0 Å². The Morgan fingerprint density at radius 1 is 1.29 bits per heavy atom. The summed E-state index contributed by atoms with van der Waals surface area (Å²) < 4.78 is 3.13. The number of aryl methyl sites for hydroxylation is 1. The van der Waals surface area contributed by atoms with E-state index in [9.17, 15) is 0 Å². The molecule has 1 aromatic heterocycles. The largest absolute Gasteiger partial charge is 0.306 e. The third kappa shape index (κ3) is 1.87. The molecule has 2 aromatic rings. The van der Waals surface area contributed by atoms with Crippen molar-refractivity contribution < 1.29 is 0 Å². The minimum absolute atomic E-state index is 0.976. The van der Waals surface area contributed by atoms with Crippen molar-refractivity contribution in [2.45, 2.75) is 13.3 Å². The monoisotopic (exact) mass is 250 g/mol. The summed E-state index contributed by atoms with van der Waals surface area (Å²) in [6, 6.07) is 8.18. The summed E-state index contributed by atoms with van der Waals surface area (Å²) in [5.74, 6) is 0. The molecule has 0 saturated heterocycles. The summed E-state index contributed by atoms with van der Waals surface area (Å²) in [4.78, 5) is 4.28. The molecule has 0 atom stereocenters. The molecule has 0 spiro atoms. The Bertz CT molecular complexity index is 417. The highest BCUT2D eigenvalue weighted by Crippen LogP contribution is 2.14. The van der Waals surface area contributed by atoms with Crippen molar-refractivity contribution in [1.29, 1.82) is 0 Å². The van der Waals surface area contributed by atoms with E-state index in [4.69, 9.17) is 0 Å². The number of aromatic nitrogens is 2. The first-order valence-corrected chi connectivity index (χ1v) is 5.37. The first-order valence-electron chi connectivity index (χ1n) is 4.58. The molecule has 0 aliphatic heterocycles. The standard InChI is InChI=1S/C11H11BrN2/c1-2-10-7-14(8-13-10)11-5-3-9(12)4-6-11/h3-8H,2H2,1H3. The smallest absolute Gasteiger partial charge is 0.0995 e. The van der Waals surface area contributed by atoms with Crippen LogP contribution in [0.5, 0.6) is 0 Å². The molecular weight excluding hydrogens is 240 g/mol. The number of hydrogen-bond donors (Lipinski definition) is 0. The SMILES string of the molecule is CCc1cn(-c2ccc(Br)cc2)cn1. The lowest BCUT2D eigenvalue weighted by Gasteiger charge is -2.00. The van der Waals surface area contributed by atoms with Crippen LogP contribution in [0.2, 0.25) is 0 Å². The molecule has 0 aliphatic rings. The summed E-state index contributed by atoms with van der Waals surface area (Å²) in [5.41, 5.74) is 2.26. The highest BCUT2D eigenvalue weighted by Gasteiger charge is 1.98. The molecule has 3 heteroatoms. The molecule has 72 valence electrons. The van der Waals surface area contributed by atoms with Gasteiger partial charge in [-0.15, -0.1) is 0 Å². The topological polar surface area (TPSA) is 17.8 Å². The average Bonchev–Trinajstić information content (AvgIpc) is 2.67. The van der Waals surface area contributed by atoms with Gasteiger partial charge in [-0.25, -0.2) is 4.98 Å². The van der Waals surface area contributed by atoms with Gasteiger partial charge in [0.15, 0.2) is 0 Å². The van der Waals surface area contributed by atoms with Crippen LogP contribution in [0, 0.1) is 0 Å². The van der Waals surface area contributed by atoms with Crippen LogP contribution in [-0.4, -0.2) is 9.55 Å². The predicted molar refractivity (Wildman–Crippen MR) is 60.6 cm³/mol. The fraction of sp³-hybridized carbons (Fsp3) is 0.182. The summed E-state index contributed by atoms with van der Waals surface area (Å²) in [5, 5.41) is 0. The van der Waals surface area contributed by atoms with Crippen molar-refractivity contribution in [1.82, 2.24) is 9.55 Å². The summed E-state index contributed by atoms with van der Waals surface area (Å²) in [7, 11) is 0. The fourth-order valence-electron chi connectivity index (χ4n) is 1.30. The number of rotatable bonds is 2. The summed E-state index contributed by atoms with van der Waals surface area (Å²) in [6.45, 7) is 2.11. The van der Waals surface area contributed by atoms with E-state index < -0.39 is 0 Å². The van der Waals surface area contributed by atoms with Crippen LogP contribution in [0.15, 0.2) is 41.3 Å². The predicted octanol–water partition coefficient (Wildman–Crippen LogP) is 3.20. The van der Waals surface area contributed by atoms with Crippen molar-refractivity contribution in [3.05, 3.63) is 47.0 Å². The molecular formula is C11H11BrN2. The summed E-state index contributed by atoms with van der Waals surface area (Å²) >= 11 is 3.41. The molecule has 0 aliphatic carbocycles. The molecule has 0 saturated carbocycles. The van der Waals surface area contributed by atoms with Gasteiger partial charge < -0.3 is 4.57 Å². The molecule has 0 unspecified atom stereocenters. The molecule has 0 fully saturated rings. The van der Waals surface area contributed by atoms with Crippen molar-refractivity contribution in [3.63, 3.8) is 0 Å². The highest BCUT2D eigenvalue weighted by atomic mass is 79.9. The third-order valence-corrected chi connectivity index (χ3v) is 2.65. The van der Waals surface area contributed by atoms with Crippen LogP contribution in [0.1, 0.15) is 12.6 Å². The van der Waals surface area contributed by atoms with Crippen LogP contribution in [0.4, 0.5) is 0 Å². The van der Waals surface area contributed by atoms with Crippen LogP contribution in [-0.2, 0) is 6.42 Å². The van der Waals surface area contributed by atoms with Gasteiger partial charge in [-0.2, -0.15) is 0 Å². The van der Waals surface area contributed by atoms with Crippen molar-refractivity contribution >= 4 is 15.9 Å².